The van der Waals surface area contributed by atoms with Crippen LogP contribution in [-0.2, 0) is 4.74 Å². The van der Waals surface area contributed by atoms with Crippen LogP contribution in [-0.4, -0.2) is 25.7 Å². The molecule has 1 heterocycles. The number of primary amides is 1. The molecule has 1 aromatic carbocycles. The Labute approximate surface area is 104 Å². The van der Waals surface area contributed by atoms with E-state index in [1.54, 1.807) is 0 Å². The molecule has 1 saturated heterocycles. The first-order chi connectivity index (χ1) is 8.58. The number of nitrogens with one attached hydrogen (secondary N) is 1. The molecule has 6 heteroatoms. The first-order valence-corrected chi connectivity index (χ1v) is 5.78. The maximum atomic E-state index is 13.6. The van der Waals surface area contributed by atoms with E-state index in [4.69, 9.17) is 16.2 Å². The van der Waals surface area contributed by atoms with Gasteiger partial charge in [0.15, 0.2) is 0 Å². The van der Waals surface area contributed by atoms with Crippen molar-refractivity contribution in [3.8, 4) is 0 Å². The summed E-state index contributed by atoms with van der Waals surface area (Å²) >= 11 is 0. The summed E-state index contributed by atoms with van der Waals surface area (Å²) in [6, 6.07) is 2.45. The van der Waals surface area contributed by atoms with E-state index in [0.717, 1.165) is 19.1 Å². The summed E-state index contributed by atoms with van der Waals surface area (Å²) in [5.41, 5.74) is 11.1. The first-order valence-electron chi connectivity index (χ1n) is 5.78. The van der Waals surface area contributed by atoms with Gasteiger partial charge in [0.2, 0.25) is 0 Å². The number of ether oxygens (including phenoxy) is 1. The highest BCUT2D eigenvalue weighted by Crippen LogP contribution is 2.23. The smallest absolute Gasteiger partial charge is 0.250 e. The van der Waals surface area contributed by atoms with E-state index in [1.807, 2.05) is 0 Å². The molecule has 1 fully saturated rings. The number of hydrogen-bond acceptors (Lipinski definition) is 4. The Kier molecular flexibility index (Phi) is 3.66. The predicted molar refractivity (Wildman–Crippen MR) is 66.7 cm³/mol. The molecule has 1 aromatic rings. The first kappa shape index (κ1) is 12.6. The fourth-order valence-electron chi connectivity index (χ4n) is 1.94. The number of halogens is 1. The average Bonchev–Trinajstić information content (AvgIpc) is 2.80. The van der Waals surface area contributed by atoms with E-state index in [-0.39, 0.29) is 16.9 Å². The molecule has 5 N–H and O–H groups in total. The van der Waals surface area contributed by atoms with Crippen molar-refractivity contribution in [3.05, 3.63) is 23.5 Å². The van der Waals surface area contributed by atoms with Crippen molar-refractivity contribution in [1.82, 2.24) is 0 Å². The van der Waals surface area contributed by atoms with Crippen molar-refractivity contribution in [2.75, 3.05) is 30.8 Å². The minimum atomic E-state index is -0.667. The van der Waals surface area contributed by atoms with Crippen molar-refractivity contribution in [1.29, 1.82) is 0 Å². The third-order valence-electron chi connectivity index (χ3n) is 3.01. The van der Waals surface area contributed by atoms with Crippen LogP contribution >= 0.6 is 0 Å². The number of hydrogen-bond donors (Lipinski definition) is 3. The number of anilines is 2. The number of nitrogens with two attached hydrogens (primary N) is 2. The van der Waals surface area contributed by atoms with Gasteiger partial charge in [-0.2, -0.15) is 0 Å². The second-order valence-corrected chi connectivity index (χ2v) is 4.39. The van der Waals surface area contributed by atoms with Gasteiger partial charge < -0.3 is 21.5 Å². The molecule has 0 bridgehead atoms. The van der Waals surface area contributed by atoms with Gasteiger partial charge in [0, 0.05) is 24.8 Å². The lowest BCUT2D eigenvalue weighted by atomic mass is 10.1. The van der Waals surface area contributed by atoms with Crippen molar-refractivity contribution in [3.63, 3.8) is 0 Å². The molecular formula is C12H16FN3O2. The van der Waals surface area contributed by atoms with E-state index < -0.39 is 11.7 Å². The third-order valence-corrected chi connectivity index (χ3v) is 3.01. The molecule has 5 nitrogen and oxygen atoms in total. The van der Waals surface area contributed by atoms with Gasteiger partial charge in [-0.1, -0.05) is 0 Å². The van der Waals surface area contributed by atoms with Gasteiger partial charge in [-0.25, -0.2) is 4.39 Å². The zero-order valence-electron chi connectivity index (χ0n) is 9.91. The van der Waals surface area contributed by atoms with Crippen LogP contribution in [0.3, 0.4) is 0 Å². The Balaban J connectivity index is 2.11. The average molecular weight is 253 g/mol. The molecule has 18 heavy (non-hydrogen) atoms. The van der Waals surface area contributed by atoms with Gasteiger partial charge in [0.25, 0.3) is 5.91 Å². The Morgan fingerprint density at radius 2 is 2.33 bits per heavy atom. The molecule has 1 amide bonds. The molecule has 1 unspecified atom stereocenters. The molecule has 98 valence electrons. The molecular weight excluding hydrogens is 237 g/mol. The summed E-state index contributed by atoms with van der Waals surface area (Å²) in [6.45, 7) is 2.01. The molecule has 0 spiro atoms. The van der Waals surface area contributed by atoms with E-state index >= 15 is 0 Å². The summed E-state index contributed by atoms with van der Waals surface area (Å²) < 4.78 is 18.9. The van der Waals surface area contributed by atoms with Gasteiger partial charge in [-0.05, 0) is 18.6 Å². The van der Waals surface area contributed by atoms with Gasteiger partial charge in [-0.15, -0.1) is 0 Å². The summed E-state index contributed by atoms with van der Waals surface area (Å²) in [4.78, 5) is 11.1. The highest BCUT2D eigenvalue weighted by Gasteiger charge is 2.17. The Morgan fingerprint density at radius 3 is 2.94 bits per heavy atom. The molecule has 1 atom stereocenters. The highest BCUT2D eigenvalue weighted by atomic mass is 19.1. The standard InChI is InChI=1S/C12H16FN3O2/c13-9-4-10(14)8(12(15)17)3-11(9)16-5-7-1-2-18-6-7/h3-4,7,16H,1-2,5-6,14H2,(H2,15,17). The van der Waals surface area contributed by atoms with Gasteiger partial charge in [0.1, 0.15) is 5.82 Å². The number of nitrogen functional groups attached to an aromatic ring is 1. The van der Waals surface area contributed by atoms with Crippen molar-refractivity contribution in [2.45, 2.75) is 6.42 Å². The predicted octanol–water partition coefficient (Wildman–Crippen LogP) is 0.955. The zero-order valence-corrected chi connectivity index (χ0v) is 9.91. The minimum absolute atomic E-state index is 0.0507. The van der Waals surface area contributed by atoms with Crippen molar-refractivity contribution >= 4 is 17.3 Å². The second kappa shape index (κ2) is 5.22. The van der Waals surface area contributed by atoms with Crippen LogP contribution in [0.2, 0.25) is 0 Å². The van der Waals surface area contributed by atoms with E-state index in [9.17, 15) is 9.18 Å². The van der Waals surface area contributed by atoms with Gasteiger partial charge >= 0.3 is 0 Å². The fraction of sp³-hybridized carbons (Fsp3) is 0.417. The molecule has 0 saturated carbocycles. The van der Waals surface area contributed by atoms with Crippen molar-refractivity contribution in [2.24, 2.45) is 11.7 Å². The lowest BCUT2D eigenvalue weighted by Gasteiger charge is -2.13. The number of amides is 1. The molecule has 0 aromatic heterocycles. The monoisotopic (exact) mass is 253 g/mol. The summed E-state index contributed by atoms with van der Waals surface area (Å²) in [5, 5.41) is 2.96. The van der Waals surface area contributed by atoms with Crippen LogP contribution in [0.4, 0.5) is 15.8 Å². The maximum Gasteiger partial charge on any atom is 0.250 e. The number of rotatable bonds is 4. The number of carbonyl (C=O) groups excluding carboxylic acids is 1. The van der Waals surface area contributed by atoms with Gasteiger partial charge in [-0.3, -0.25) is 4.79 Å². The maximum absolute atomic E-state index is 13.6. The van der Waals surface area contributed by atoms with Crippen LogP contribution in [0.1, 0.15) is 16.8 Å². The fourth-order valence-corrected chi connectivity index (χ4v) is 1.94. The Hall–Kier alpha value is -1.82. The molecule has 0 radical (unpaired) electrons. The number of carbonyl (C=O) groups is 1. The summed E-state index contributed by atoms with van der Waals surface area (Å²) in [6.07, 6.45) is 0.951. The van der Waals surface area contributed by atoms with Crippen LogP contribution in [0.5, 0.6) is 0 Å². The Morgan fingerprint density at radius 1 is 1.56 bits per heavy atom. The van der Waals surface area contributed by atoms with E-state index in [1.165, 1.54) is 6.07 Å². The zero-order chi connectivity index (χ0) is 13.1. The van der Waals surface area contributed by atoms with Crippen LogP contribution < -0.4 is 16.8 Å². The van der Waals surface area contributed by atoms with E-state index in [2.05, 4.69) is 5.32 Å². The van der Waals surface area contributed by atoms with Crippen LogP contribution in [0.25, 0.3) is 0 Å². The lowest BCUT2D eigenvalue weighted by Crippen LogP contribution is -2.17. The minimum Gasteiger partial charge on any atom is -0.398 e. The topological polar surface area (TPSA) is 90.4 Å². The third kappa shape index (κ3) is 2.70. The van der Waals surface area contributed by atoms with Crippen molar-refractivity contribution < 1.29 is 13.9 Å². The lowest BCUT2D eigenvalue weighted by molar-refractivity contribution is 0.100. The molecule has 0 aliphatic carbocycles. The van der Waals surface area contributed by atoms with E-state index in [0.29, 0.717) is 19.1 Å². The number of benzene rings is 1. The molecule has 1 aliphatic heterocycles. The molecule has 1 aliphatic rings. The highest BCUT2D eigenvalue weighted by molar-refractivity contribution is 5.99. The molecule has 2 rings (SSSR count). The summed E-state index contributed by atoms with van der Waals surface area (Å²) in [7, 11) is 0. The van der Waals surface area contributed by atoms with Crippen LogP contribution in [0.15, 0.2) is 12.1 Å². The second-order valence-electron chi connectivity index (χ2n) is 4.39. The quantitative estimate of drug-likeness (QED) is 0.697. The Bertz CT molecular complexity index is 459. The summed E-state index contributed by atoms with van der Waals surface area (Å²) in [5.74, 6) is -0.796. The van der Waals surface area contributed by atoms with Gasteiger partial charge in [0.05, 0.1) is 17.9 Å². The largest absolute Gasteiger partial charge is 0.398 e. The SMILES string of the molecule is NC(=O)c1cc(NCC2CCOC2)c(F)cc1N. The normalized spacial score (nSPS) is 18.8. The van der Waals surface area contributed by atoms with Crippen LogP contribution in [0, 0.1) is 11.7 Å².